The van der Waals surface area contributed by atoms with Crippen molar-refractivity contribution in [1.29, 1.82) is 0 Å². The minimum Gasteiger partial charge on any atom is -0.496 e. The molecule has 0 saturated heterocycles. The first-order valence-electron chi connectivity index (χ1n) is 6.41. The van der Waals surface area contributed by atoms with Crippen LogP contribution in [0, 0.1) is 0 Å². The molecule has 1 heterocycles. The molecular formula is C14H18N2O4. The molecule has 0 aliphatic carbocycles. The van der Waals surface area contributed by atoms with Crippen LogP contribution in [-0.4, -0.2) is 32.8 Å². The minimum absolute atomic E-state index is 0.101. The van der Waals surface area contributed by atoms with Gasteiger partial charge in [-0.25, -0.2) is 4.79 Å². The Bertz CT molecular complexity index is 542. The Hall–Kier alpha value is -2.24. The molecule has 0 radical (unpaired) electrons. The Morgan fingerprint density at radius 2 is 2.15 bits per heavy atom. The van der Waals surface area contributed by atoms with Crippen molar-refractivity contribution in [3.63, 3.8) is 0 Å². The van der Waals surface area contributed by atoms with Crippen LogP contribution in [0.3, 0.4) is 0 Å². The molecule has 1 aromatic carbocycles. The van der Waals surface area contributed by atoms with Gasteiger partial charge in [0.2, 0.25) is 5.91 Å². The van der Waals surface area contributed by atoms with Crippen molar-refractivity contribution in [1.82, 2.24) is 0 Å². The number of aryl methyl sites for hydroxylation is 1. The number of ether oxygens (including phenoxy) is 2. The van der Waals surface area contributed by atoms with Crippen LogP contribution in [0.1, 0.15) is 17.5 Å². The van der Waals surface area contributed by atoms with E-state index in [0.717, 1.165) is 16.8 Å². The van der Waals surface area contributed by atoms with Crippen molar-refractivity contribution < 1.29 is 19.1 Å². The SMILES string of the molecule is COc1cc2c(cc1CCOC(N)=O)CCC(=O)N2C. The summed E-state index contributed by atoms with van der Waals surface area (Å²) < 4.78 is 10.1. The number of nitrogens with zero attached hydrogens (tertiary/aromatic N) is 1. The van der Waals surface area contributed by atoms with Crippen LogP contribution in [0.2, 0.25) is 0 Å². The normalized spacial score (nSPS) is 13.9. The smallest absolute Gasteiger partial charge is 0.404 e. The predicted octanol–water partition coefficient (Wildman–Crippen LogP) is 1.24. The largest absolute Gasteiger partial charge is 0.496 e. The Labute approximate surface area is 117 Å². The van der Waals surface area contributed by atoms with Gasteiger partial charge in [-0.1, -0.05) is 0 Å². The summed E-state index contributed by atoms with van der Waals surface area (Å²) in [4.78, 5) is 23.9. The van der Waals surface area contributed by atoms with E-state index in [2.05, 4.69) is 0 Å². The third-order valence-corrected chi connectivity index (χ3v) is 3.44. The van der Waals surface area contributed by atoms with Crippen LogP contribution in [-0.2, 0) is 22.4 Å². The van der Waals surface area contributed by atoms with Crippen LogP contribution >= 0.6 is 0 Å². The van der Waals surface area contributed by atoms with Gasteiger partial charge in [0.1, 0.15) is 5.75 Å². The van der Waals surface area contributed by atoms with Crippen molar-refractivity contribution >= 4 is 17.7 Å². The third kappa shape index (κ3) is 2.84. The molecule has 108 valence electrons. The number of methoxy groups -OCH3 is 1. The molecule has 2 rings (SSSR count). The molecular weight excluding hydrogens is 260 g/mol. The van der Waals surface area contributed by atoms with E-state index in [0.29, 0.717) is 25.0 Å². The molecule has 6 nitrogen and oxygen atoms in total. The monoisotopic (exact) mass is 278 g/mol. The molecule has 6 heteroatoms. The van der Waals surface area contributed by atoms with E-state index in [1.54, 1.807) is 19.1 Å². The van der Waals surface area contributed by atoms with Gasteiger partial charge in [0.25, 0.3) is 0 Å². The molecule has 0 atom stereocenters. The number of primary amides is 1. The number of hydrogen-bond acceptors (Lipinski definition) is 4. The van der Waals surface area contributed by atoms with Crippen molar-refractivity contribution in [2.75, 3.05) is 25.7 Å². The van der Waals surface area contributed by atoms with Gasteiger partial charge in [-0.05, 0) is 23.6 Å². The zero-order valence-electron chi connectivity index (χ0n) is 11.6. The van der Waals surface area contributed by atoms with Gasteiger partial charge in [0.15, 0.2) is 0 Å². The number of hydrogen-bond donors (Lipinski definition) is 1. The molecule has 0 bridgehead atoms. The average molecular weight is 278 g/mol. The molecule has 0 saturated carbocycles. The van der Waals surface area contributed by atoms with E-state index in [9.17, 15) is 9.59 Å². The highest BCUT2D eigenvalue weighted by Gasteiger charge is 2.22. The van der Waals surface area contributed by atoms with Gasteiger partial charge in [-0.3, -0.25) is 4.79 Å². The van der Waals surface area contributed by atoms with E-state index >= 15 is 0 Å². The van der Waals surface area contributed by atoms with Crippen molar-refractivity contribution in [3.05, 3.63) is 23.3 Å². The fourth-order valence-electron chi connectivity index (χ4n) is 2.37. The molecule has 2 amide bonds. The van der Waals surface area contributed by atoms with E-state index in [4.69, 9.17) is 15.2 Å². The van der Waals surface area contributed by atoms with Gasteiger partial charge < -0.3 is 20.1 Å². The zero-order chi connectivity index (χ0) is 14.7. The van der Waals surface area contributed by atoms with Crippen molar-refractivity contribution in [2.45, 2.75) is 19.3 Å². The summed E-state index contributed by atoms with van der Waals surface area (Å²) >= 11 is 0. The summed E-state index contributed by atoms with van der Waals surface area (Å²) in [6.07, 6.45) is 0.961. The Kier molecular flexibility index (Phi) is 4.12. The van der Waals surface area contributed by atoms with Crippen LogP contribution < -0.4 is 15.4 Å². The Morgan fingerprint density at radius 1 is 1.40 bits per heavy atom. The van der Waals surface area contributed by atoms with Gasteiger partial charge in [-0.2, -0.15) is 0 Å². The summed E-state index contributed by atoms with van der Waals surface area (Å²) in [6, 6.07) is 3.85. The molecule has 2 N–H and O–H groups in total. The fourth-order valence-corrected chi connectivity index (χ4v) is 2.37. The highest BCUT2D eigenvalue weighted by molar-refractivity contribution is 5.96. The molecule has 0 fully saturated rings. The Balaban J connectivity index is 2.25. The van der Waals surface area contributed by atoms with E-state index in [1.165, 1.54) is 0 Å². The summed E-state index contributed by atoms with van der Waals surface area (Å²) in [5, 5.41) is 0. The highest BCUT2D eigenvalue weighted by Crippen LogP contribution is 2.33. The molecule has 0 aromatic heterocycles. The first-order valence-corrected chi connectivity index (χ1v) is 6.41. The van der Waals surface area contributed by atoms with Crippen LogP contribution in [0.25, 0.3) is 0 Å². The van der Waals surface area contributed by atoms with Crippen LogP contribution in [0.4, 0.5) is 10.5 Å². The second-order valence-electron chi connectivity index (χ2n) is 4.66. The maximum absolute atomic E-state index is 11.7. The van der Waals surface area contributed by atoms with Crippen molar-refractivity contribution in [3.8, 4) is 5.75 Å². The van der Waals surface area contributed by atoms with Gasteiger partial charge >= 0.3 is 6.09 Å². The molecule has 20 heavy (non-hydrogen) atoms. The summed E-state index contributed by atoms with van der Waals surface area (Å²) in [7, 11) is 3.33. The standard InChI is InChI=1S/C14H18N2O4/c1-16-11-8-12(19-2)10(5-6-20-14(15)18)7-9(11)3-4-13(16)17/h7-8H,3-6H2,1-2H3,(H2,15,18). The quantitative estimate of drug-likeness (QED) is 0.898. The lowest BCUT2D eigenvalue weighted by molar-refractivity contribution is -0.118. The number of carbonyl (C=O) groups is 2. The summed E-state index contributed by atoms with van der Waals surface area (Å²) in [6.45, 7) is 0.208. The number of amides is 2. The lowest BCUT2D eigenvalue weighted by Gasteiger charge is -2.27. The molecule has 1 aliphatic rings. The third-order valence-electron chi connectivity index (χ3n) is 3.44. The summed E-state index contributed by atoms with van der Waals surface area (Å²) in [5.41, 5.74) is 7.85. The molecule has 1 aromatic rings. The summed E-state index contributed by atoms with van der Waals surface area (Å²) in [5.74, 6) is 0.780. The van der Waals surface area contributed by atoms with Gasteiger partial charge in [0.05, 0.1) is 19.4 Å². The number of carbonyl (C=O) groups excluding carboxylic acids is 2. The maximum Gasteiger partial charge on any atom is 0.404 e. The lowest BCUT2D eigenvalue weighted by atomic mass is 9.97. The van der Waals surface area contributed by atoms with E-state index in [-0.39, 0.29) is 12.5 Å². The fraction of sp³-hybridized carbons (Fsp3) is 0.429. The predicted molar refractivity (Wildman–Crippen MR) is 74.0 cm³/mol. The zero-order valence-corrected chi connectivity index (χ0v) is 11.6. The number of fused-ring (bicyclic) bond motifs is 1. The van der Waals surface area contributed by atoms with Crippen molar-refractivity contribution in [2.24, 2.45) is 5.73 Å². The highest BCUT2D eigenvalue weighted by atomic mass is 16.5. The first-order chi connectivity index (χ1) is 9.52. The van der Waals surface area contributed by atoms with Gasteiger partial charge in [-0.15, -0.1) is 0 Å². The minimum atomic E-state index is -0.785. The number of nitrogens with two attached hydrogens (primary N) is 1. The van der Waals surface area contributed by atoms with Gasteiger partial charge in [0, 0.05) is 26.0 Å². The Morgan fingerprint density at radius 3 is 2.80 bits per heavy atom. The second kappa shape index (κ2) is 5.81. The average Bonchev–Trinajstić information content (AvgIpc) is 2.42. The molecule has 0 spiro atoms. The second-order valence-corrected chi connectivity index (χ2v) is 4.66. The lowest BCUT2D eigenvalue weighted by Crippen LogP contribution is -2.31. The topological polar surface area (TPSA) is 81.9 Å². The number of rotatable bonds is 4. The van der Waals surface area contributed by atoms with E-state index < -0.39 is 6.09 Å². The first kappa shape index (κ1) is 14.2. The number of anilines is 1. The molecule has 0 unspecified atom stereocenters. The molecule has 1 aliphatic heterocycles. The van der Waals surface area contributed by atoms with Crippen LogP contribution in [0.15, 0.2) is 12.1 Å². The van der Waals surface area contributed by atoms with Crippen LogP contribution in [0.5, 0.6) is 5.75 Å². The number of benzene rings is 1. The maximum atomic E-state index is 11.7. The van der Waals surface area contributed by atoms with E-state index in [1.807, 2.05) is 12.1 Å².